The Kier molecular flexibility index (Phi) is 2.59. The lowest BCUT2D eigenvalue weighted by Crippen LogP contribution is -2.04. The highest BCUT2D eigenvalue weighted by molar-refractivity contribution is 5.71. The molecule has 0 radical (unpaired) electrons. The highest BCUT2D eigenvalue weighted by Crippen LogP contribution is 2.31. The number of hydrogen-bond donors (Lipinski definition) is 1. The molecule has 0 fully saturated rings. The molecule has 1 aromatic carbocycles. The smallest absolute Gasteiger partial charge is 0.449 e. The van der Waals surface area contributed by atoms with Crippen LogP contribution in [-0.4, -0.2) is 16.4 Å². The molecule has 0 aliphatic heterocycles. The molecule has 0 bridgehead atoms. The first-order valence-electron chi connectivity index (χ1n) is 4.61. The van der Waals surface area contributed by atoms with Crippen LogP contribution in [0.15, 0.2) is 34.9 Å². The maximum absolute atomic E-state index is 10.5. The van der Waals surface area contributed by atoms with E-state index < -0.39 is 6.16 Å². The monoisotopic (exact) mass is 219 g/mol. The zero-order valence-corrected chi connectivity index (χ0v) is 8.51. The van der Waals surface area contributed by atoms with Gasteiger partial charge in [0.15, 0.2) is 11.5 Å². The van der Waals surface area contributed by atoms with Crippen LogP contribution in [0.2, 0.25) is 0 Å². The Morgan fingerprint density at radius 3 is 2.69 bits per heavy atom. The zero-order valence-electron chi connectivity index (χ0n) is 8.51. The van der Waals surface area contributed by atoms with Crippen molar-refractivity contribution in [2.75, 3.05) is 0 Å². The van der Waals surface area contributed by atoms with E-state index in [0.717, 1.165) is 5.56 Å². The Hall–Kier alpha value is -2.30. The van der Waals surface area contributed by atoms with E-state index in [0.29, 0.717) is 11.5 Å². The first-order valence-corrected chi connectivity index (χ1v) is 4.61. The summed E-state index contributed by atoms with van der Waals surface area (Å²) in [5.41, 5.74) is 1.14. The lowest BCUT2D eigenvalue weighted by Gasteiger charge is -2.00. The van der Waals surface area contributed by atoms with E-state index in [1.165, 1.54) is 0 Å². The largest absolute Gasteiger partial charge is 0.511 e. The van der Waals surface area contributed by atoms with Gasteiger partial charge in [0.25, 0.3) is 0 Å². The minimum atomic E-state index is -1.39. The molecule has 2 aromatic rings. The number of ether oxygens (including phenoxy) is 1. The molecular weight excluding hydrogens is 210 g/mol. The number of carbonyl (C=O) groups is 1. The quantitative estimate of drug-likeness (QED) is 0.786. The van der Waals surface area contributed by atoms with Gasteiger partial charge in [0, 0.05) is 12.5 Å². The third-order valence-electron chi connectivity index (χ3n) is 2.05. The number of nitrogens with zero attached hydrogens (tertiary/aromatic N) is 1. The second-order valence-corrected chi connectivity index (χ2v) is 3.15. The van der Waals surface area contributed by atoms with Gasteiger partial charge < -0.3 is 14.4 Å². The maximum atomic E-state index is 10.5. The van der Waals surface area contributed by atoms with Crippen LogP contribution in [0.25, 0.3) is 11.3 Å². The van der Waals surface area contributed by atoms with Gasteiger partial charge in [-0.3, -0.25) is 0 Å². The predicted octanol–water partition coefficient (Wildman–Crippen LogP) is 2.71. The van der Waals surface area contributed by atoms with Crippen LogP contribution in [0, 0.1) is 6.92 Å². The number of carboxylic acid groups (broad SMARTS) is 1. The topological polar surface area (TPSA) is 72.6 Å². The normalized spacial score (nSPS) is 10.1. The molecular formula is C11H9NO4. The van der Waals surface area contributed by atoms with Gasteiger partial charge in [-0.05, 0) is 0 Å². The van der Waals surface area contributed by atoms with Crippen LogP contribution >= 0.6 is 0 Å². The van der Waals surface area contributed by atoms with Crippen molar-refractivity contribution in [1.29, 1.82) is 0 Å². The standard InChI is InChI=1S/C11H9NO4/c1-7-10(15-11(13)14)9(12-16-7)8-5-3-2-4-6-8/h2-6H,1H3,(H,13,14). The Balaban J connectivity index is 2.46. The van der Waals surface area contributed by atoms with Crippen molar-refractivity contribution in [2.24, 2.45) is 0 Å². The molecule has 2 rings (SSSR count). The summed E-state index contributed by atoms with van der Waals surface area (Å²) < 4.78 is 9.54. The zero-order chi connectivity index (χ0) is 11.5. The van der Waals surface area contributed by atoms with E-state index in [1.807, 2.05) is 18.2 Å². The molecule has 82 valence electrons. The van der Waals surface area contributed by atoms with E-state index in [-0.39, 0.29) is 5.75 Å². The number of rotatable bonds is 2. The van der Waals surface area contributed by atoms with E-state index in [2.05, 4.69) is 9.89 Å². The van der Waals surface area contributed by atoms with Crippen LogP contribution < -0.4 is 4.74 Å². The van der Waals surface area contributed by atoms with Gasteiger partial charge in [0.1, 0.15) is 0 Å². The van der Waals surface area contributed by atoms with Crippen molar-refractivity contribution in [3.63, 3.8) is 0 Å². The van der Waals surface area contributed by atoms with Gasteiger partial charge in [-0.1, -0.05) is 35.5 Å². The van der Waals surface area contributed by atoms with Crippen molar-refractivity contribution < 1.29 is 19.2 Å². The highest BCUT2D eigenvalue weighted by Gasteiger charge is 2.18. The molecule has 0 saturated heterocycles. The second kappa shape index (κ2) is 4.06. The fourth-order valence-electron chi connectivity index (χ4n) is 1.35. The van der Waals surface area contributed by atoms with Crippen LogP contribution in [0.4, 0.5) is 4.79 Å². The summed E-state index contributed by atoms with van der Waals surface area (Å²) in [4.78, 5) is 10.5. The molecule has 0 saturated carbocycles. The van der Waals surface area contributed by atoms with Crippen molar-refractivity contribution in [2.45, 2.75) is 6.92 Å². The number of benzene rings is 1. The minimum absolute atomic E-state index is 0.138. The summed E-state index contributed by atoms with van der Waals surface area (Å²) in [6.45, 7) is 1.59. The lowest BCUT2D eigenvalue weighted by atomic mass is 10.1. The van der Waals surface area contributed by atoms with Crippen molar-refractivity contribution in [3.05, 3.63) is 36.1 Å². The molecule has 0 aliphatic carbocycles. The molecule has 1 N–H and O–H groups in total. The second-order valence-electron chi connectivity index (χ2n) is 3.15. The van der Waals surface area contributed by atoms with E-state index in [4.69, 9.17) is 9.63 Å². The van der Waals surface area contributed by atoms with Gasteiger partial charge in [0.05, 0.1) is 0 Å². The first-order chi connectivity index (χ1) is 7.68. The summed E-state index contributed by atoms with van der Waals surface area (Å²) in [5.74, 6) is 0.472. The first kappa shape index (κ1) is 10.2. The molecule has 0 unspecified atom stereocenters. The molecule has 0 aliphatic rings. The van der Waals surface area contributed by atoms with Crippen LogP contribution in [0.1, 0.15) is 5.76 Å². The molecule has 0 spiro atoms. The Morgan fingerprint density at radius 2 is 2.06 bits per heavy atom. The molecule has 5 heteroatoms. The Bertz CT molecular complexity index is 504. The van der Waals surface area contributed by atoms with E-state index >= 15 is 0 Å². The molecule has 1 heterocycles. The summed E-state index contributed by atoms with van der Waals surface area (Å²) in [5, 5.41) is 12.4. The summed E-state index contributed by atoms with van der Waals surface area (Å²) in [6, 6.07) is 9.10. The molecule has 1 aromatic heterocycles. The Morgan fingerprint density at radius 1 is 1.38 bits per heavy atom. The van der Waals surface area contributed by atoms with E-state index in [9.17, 15) is 4.79 Å². The van der Waals surface area contributed by atoms with Crippen molar-refractivity contribution >= 4 is 6.16 Å². The SMILES string of the molecule is Cc1onc(-c2ccccc2)c1OC(=O)O. The average Bonchev–Trinajstić information content (AvgIpc) is 2.61. The fraction of sp³-hybridized carbons (Fsp3) is 0.0909. The highest BCUT2D eigenvalue weighted by atomic mass is 16.7. The third-order valence-corrected chi connectivity index (χ3v) is 2.05. The van der Waals surface area contributed by atoms with Crippen molar-refractivity contribution in [3.8, 4) is 17.0 Å². The lowest BCUT2D eigenvalue weighted by molar-refractivity contribution is 0.143. The molecule has 0 amide bonds. The summed E-state index contributed by atoms with van der Waals surface area (Å²) >= 11 is 0. The molecule has 0 atom stereocenters. The third kappa shape index (κ3) is 1.88. The van der Waals surface area contributed by atoms with Gasteiger partial charge in [-0.25, -0.2) is 4.79 Å². The van der Waals surface area contributed by atoms with E-state index in [1.54, 1.807) is 19.1 Å². The predicted molar refractivity (Wildman–Crippen MR) is 55.3 cm³/mol. The molecule has 16 heavy (non-hydrogen) atoms. The summed E-state index contributed by atoms with van der Waals surface area (Å²) in [7, 11) is 0. The van der Waals surface area contributed by atoms with Crippen molar-refractivity contribution in [1.82, 2.24) is 5.16 Å². The average molecular weight is 219 g/mol. The van der Waals surface area contributed by atoms with Crippen LogP contribution in [-0.2, 0) is 0 Å². The maximum Gasteiger partial charge on any atom is 0.511 e. The fourth-order valence-corrected chi connectivity index (χ4v) is 1.35. The molecule has 5 nitrogen and oxygen atoms in total. The van der Waals surface area contributed by atoms with Gasteiger partial charge in [-0.2, -0.15) is 0 Å². The number of aromatic nitrogens is 1. The Labute approximate surface area is 91.3 Å². The number of hydrogen-bond acceptors (Lipinski definition) is 4. The minimum Gasteiger partial charge on any atom is -0.449 e. The summed E-state index contributed by atoms with van der Waals surface area (Å²) in [6.07, 6.45) is -1.39. The number of aryl methyl sites for hydroxylation is 1. The van der Waals surface area contributed by atoms with Gasteiger partial charge in [0.2, 0.25) is 5.75 Å². The van der Waals surface area contributed by atoms with Crippen LogP contribution in [0.5, 0.6) is 5.75 Å². The van der Waals surface area contributed by atoms with Gasteiger partial charge in [-0.15, -0.1) is 0 Å². The van der Waals surface area contributed by atoms with Crippen LogP contribution in [0.3, 0.4) is 0 Å². The van der Waals surface area contributed by atoms with Gasteiger partial charge >= 0.3 is 6.16 Å².